The molecule has 0 saturated heterocycles. The van der Waals surface area contributed by atoms with Gasteiger partial charge in [-0.3, -0.25) is 9.52 Å². The van der Waals surface area contributed by atoms with E-state index in [2.05, 4.69) is 21.3 Å². The van der Waals surface area contributed by atoms with Crippen LogP contribution in [0.15, 0.2) is 100 Å². The van der Waals surface area contributed by atoms with Gasteiger partial charge in [0.25, 0.3) is 15.6 Å². The number of rotatable bonds is 7. The largest absolute Gasteiger partial charge is 0.480 e. The minimum atomic E-state index is -4.26. The Morgan fingerprint density at radius 3 is 2.50 bits per heavy atom. The SMILES string of the molecule is C=C(/C(=N\C=C(/C)c1ccc2nc(N)n(-c3ccccc3)c(=O)c2c1)OC)S(=O)(=O)Nc1ccccc1F. The molecule has 3 aromatic carbocycles. The van der Waals surface area contributed by atoms with E-state index in [1.165, 1.54) is 36.1 Å². The highest BCUT2D eigenvalue weighted by molar-refractivity contribution is 7.97. The van der Waals surface area contributed by atoms with Crippen LogP contribution in [0.25, 0.3) is 22.2 Å². The molecule has 9 nitrogen and oxygen atoms in total. The molecule has 0 bridgehead atoms. The van der Waals surface area contributed by atoms with Crippen LogP contribution in [0.2, 0.25) is 0 Å². The molecular formula is C27H24FN5O4S. The summed E-state index contributed by atoms with van der Waals surface area (Å²) in [6.07, 6.45) is 1.38. The number of methoxy groups -OCH3 is 1. The van der Waals surface area contributed by atoms with Crippen LogP contribution >= 0.6 is 0 Å². The topological polar surface area (TPSA) is 129 Å². The number of halogens is 1. The third-order valence-corrected chi connectivity index (χ3v) is 6.93. The van der Waals surface area contributed by atoms with Crippen molar-refractivity contribution in [2.45, 2.75) is 6.92 Å². The van der Waals surface area contributed by atoms with Crippen LogP contribution in [0.3, 0.4) is 0 Å². The first-order chi connectivity index (χ1) is 18.1. The Morgan fingerprint density at radius 1 is 1.13 bits per heavy atom. The first-order valence-electron chi connectivity index (χ1n) is 11.3. The number of allylic oxidation sites excluding steroid dienone is 1. The van der Waals surface area contributed by atoms with Gasteiger partial charge in [0.05, 0.1) is 29.4 Å². The number of aliphatic imine (C=N–C) groups is 1. The smallest absolute Gasteiger partial charge is 0.267 e. The Bertz CT molecular complexity index is 1760. The fraction of sp³-hybridized carbons (Fsp3) is 0.0741. The van der Waals surface area contributed by atoms with Gasteiger partial charge >= 0.3 is 0 Å². The van der Waals surface area contributed by atoms with Crippen molar-refractivity contribution in [1.29, 1.82) is 0 Å². The highest BCUT2D eigenvalue weighted by Gasteiger charge is 2.23. The Kier molecular flexibility index (Phi) is 7.40. The Balaban J connectivity index is 1.67. The Labute approximate surface area is 218 Å². The molecular weight excluding hydrogens is 509 g/mol. The number of nitrogens with zero attached hydrogens (tertiary/aromatic N) is 3. The van der Waals surface area contributed by atoms with Gasteiger partial charge in [-0.25, -0.2) is 27.4 Å². The maximum Gasteiger partial charge on any atom is 0.267 e. The van der Waals surface area contributed by atoms with Crippen LogP contribution in [0.1, 0.15) is 12.5 Å². The maximum atomic E-state index is 13.9. The zero-order chi connectivity index (χ0) is 27.4. The van der Waals surface area contributed by atoms with E-state index in [1.54, 1.807) is 49.4 Å². The van der Waals surface area contributed by atoms with Gasteiger partial charge in [-0.1, -0.05) is 43.0 Å². The summed E-state index contributed by atoms with van der Waals surface area (Å²) in [7, 11) is -3.02. The van der Waals surface area contributed by atoms with Crippen molar-refractivity contribution in [3.63, 3.8) is 0 Å². The van der Waals surface area contributed by atoms with Crippen LogP contribution in [0.5, 0.6) is 0 Å². The molecule has 0 radical (unpaired) electrons. The van der Waals surface area contributed by atoms with Crippen molar-refractivity contribution in [2.75, 3.05) is 17.6 Å². The number of hydrogen-bond acceptors (Lipinski definition) is 7. The summed E-state index contributed by atoms with van der Waals surface area (Å²) in [5.74, 6) is -0.976. The zero-order valence-electron chi connectivity index (χ0n) is 20.6. The normalized spacial score (nSPS) is 12.4. The van der Waals surface area contributed by atoms with E-state index in [0.29, 0.717) is 27.7 Å². The molecule has 3 N–H and O–H groups in total. The molecule has 0 saturated carbocycles. The second-order valence-corrected chi connectivity index (χ2v) is 9.84. The van der Waals surface area contributed by atoms with Crippen molar-refractivity contribution < 1.29 is 17.5 Å². The van der Waals surface area contributed by atoms with Crippen molar-refractivity contribution in [1.82, 2.24) is 9.55 Å². The van der Waals surface area contributed by atoms with Gasteiger partial charge < -0.3 is 10.5 Å². The van der Waals surface area contributed by atoms with Crippen molar-refractivity contribution >= 4 is 44.0 Å². The second kappa shape index (κ2) is 10.7. The van der Waals surface area contributed by atoms with Crippen molar-refractivity contribution in [2.24, 2.45) is 4.99 Å². The average molecular weight is 534 g/mol. The van der Waals surface area contributed by atoms with Gasteiger partial charge in [0.1, 0.15) is 10.7 Å². The number of nitrogen functional groups attached to an aromatic ring is 1. The lowest BCUT2D eigenvalue weighted by Gasteiger charge is -2.12. The van der Waals surface area contributed by atoms with E-state index in [9.17, 15) is 17.6 Å². The number of sulfonamides is 1. The lowest BCUT2D eigenvalue weighted by Crippen LogP contribution is -2.23. The van der Waals surface area contributed by atoms with Gasteiger partial charge in [-0.05, 0) is 54.5 Å². The third kappa shape index (κ3) is 5.32. The van der Waals surface area contributed by atoms with E-state index in [4.69, 9.17) is 10.5 Å². The number of aromatic nitrogens is 2. The molecule has 38 heavy (non-hydrogen) atoms. The van der Waals surface area contributed by atoms with E-state index < -0.39 is 20.7 Å². The maximum absolute atomic E-state index is 13.9. The van der Waals surface area contributed by atoms with Crippen molar-refractivity contribution in [3.05, 3.63) is 112 Å². The quantitative estimate of drug-likeness (QED) is 0.266. The first kappa shape index (κ1) is 26.3. The molecule has 0 unspecified atom stereocenters. The molecule has 0 atom stereocenters. The van der Waals surface area contributed by atoms with Crippen LogP contribution in [0.4, 0.5) is 16.0 Å². The zero-order valence-corrected chi connectivity index (χ0v) is 21.4. The summed E-state index contributed by atoms with van der Waals surface area (Å²) in [6.45, 7) is 5.28. The lowest BCUT2D eigenvalue weighted by atomic mass is 10.1. The van der Waals surface area contributed by atoms with Crippen LogP contribution in [0, 0.1) is 5.82 Å². The van der Waals surface area contributed by atoms with Crippen molar-refractivity contribution in [3.8, 4) is 5.69 Å². The van der Waals surface area contributed by atoms with Crippen LogP contribution in [-0.4, -0.2) is 31.0 Å². The van der Waals surface area contributed by atoms with Gasteiger partial charge in [0, 0.05) is 6.20 Å². The summed E-state index contributed by atoms with van der Waals surface area (Å²) in [5.41, 5.74) is 7.73. The molecule has 0 aliphatic heterocycles. The van der Waals surface area contributed by atoms with Crippen LogP contribution < -0.4 is 16.0 Å². The summed E-state index contributed by atoms with van der Waals surface area (Å²) in [6, 6.07) is 19.3. The summed E-state index contributed by atoms with van der Waals surface area (Å²) in [5, 5.41) is 0.338. The van der Waals surface area contributed by atoms with Gasteiger partial charge in [0.15, 0.2) is 0 Å². The highest BCUT2D eigenvalue weighted by Crippen LogP contribution is 2.22. The number of fused-ring (bicyclic) bond motifs is 1. The molecule has 1 heterocycles. The average Bonchev–Trinajstić information content (AvgIpc) is 2.90. The number of ether oxygens (including phenoxy) is 1. The van der Waals surface area contributed by atoms with Crippen LogP contribution in [-0.2, 0) is 14.8 Å². The van der Waals surface area contributed by atoms with E-state index >= 15 is 0 Å². The molecule has 4 rings (SSSR count). The Morgan fingerprint density at radius 2 is 1.82 bits per heavy atom. The number of para-hydroxylation sites is 2. The summed E-state index contributed by atoms with van der Waals surface area (Å²) in [4.78, 5) is 21.3. The van der Waals surface area contributed by atoms with Gasteiger partial charge in [0.2, 0.25) is 11.8 Å². The number of nitrogens with two attached hydrogens (primary N) is 1. The molecule has 0 aliphatic carbocycles. The molecule has 0 aliphatic rings. The Hall–Kier alpha value is -4.77. The van der Waals surface area contributed by atoms with Gasteiger partial charge in [-0.2, -0.15) is 0 Å². The highest BCUT2D eigenvalue weighted by atomic mass is 32.2. The predicted octanol–water partition coefficient (Wildman–Crippen LogP) is 4.47. The molecule has 11 heteroatoms. The number of benzene rings is 3. The fourth-order valence-corrected chi connectivity index (χ4v) is 4.55. The predicted molar refractivity (Wildman–Crippen MR) is 148 cm³/mol. The molecule has 1 aromatic heterocycles. The second-order valence-electron chi connectivity index (χ2n) is 8.14. The number of anilines is 2. The molecule has 4 aromatic rings. The fourth-order valence-electron chi connectivity index (χ4n) is 3.61. The number of hydrogen-bond donors (Lipinski definition) is 2. The minimum Gasteiger partial charge on any atom is -0.480 e. The summed E-state index contributed by atoms with van der Waals surface area (Å²) >= 11 is 0. The molecule has 0 spiro atoms. The van der Waals surface area contributed by atoms with E-state index in [1.807, 2.05) is 6.07 Å². The summed E-state index contributed by atoms with van der Waals surface area (Å²) < 4.78 is 47.9. The van der Waals surface area contributed by atoms with E-state index in [0.717, 1.165) is 6.07 Å². The molecule has 194 valence electrons. The molecule has 0 amide bonds. The van der Waals surface area contributed by atoms with E-state index in [-0.39, 0.29) is 23.1 Å². The van der Waals surface area contributed by atoms with Gasteiger partial charge in [-0.15, -0.1) is 0 Å². The number of nitrogens with one attached hydrogen (secondary N) is 1. The standard InChI is InChI=1S/C27H24FN5O4S/c1-17(16-30-25(37-3)18(2)38(35,36)32-24-12-8-7-11-22(24)28)19-13-14-23-21(15-19)26(34)33(27(29)31-23)20-9-5-4-6-10-20/h4-16,32H,2H2,1,3H3,(H2,29,31)/b17-16+,30-25+. The molecule has 0 fully saturated rings. The first-order valence-corrected chi connectivity index (χ1v) is 12.7. The third-order valence-electron chi connectivity index (χ3n) is 5.61. The minimum absolute atomic E-state index is 0.0618. The monoisotopic (exact) mass is 533 g/mol. The lowest BCUT2D eigenvalue weighted by molar-refractivity contribution is 0.405.